The molecule has 0 aliphatic carbocycles. The Labute approximate surface area is 115 Å². The van der Waals surface area contributed by atoms with Crippen molar-refractivity contribution in [1.29, 1.82) is 0 Å². The second-order valence-corrected chi connectivity index (χ2v) is 4.06. The van der Waals surface area contributed by atoms with E-state index in [1.165, 1.54) is 25.3 Å². The van der Waals surface area contributed by atoms with Crippen molar-refractivity contribution in [2.45, 2.75) is 6.54 Å². The van der Waals surface area contributed by atoms with Crippen LogP contribution in [0.15, 0.2) is 42.5 Å². The molecule has 104 valence electrons. The maximum atomic E-state index is 13.7. The van der Waals surface area contributed by atoms with Crippen molar-refractivity contribution < 1.29 is 14.1 Å². The Hall–Kier alpha value is -2.63. The number of para-hydroxylation sites is 2. The van der Waals surface area contributed by atoms with Gasteiger partial charge < -0.3 is 10.1 Å². The fourth-order valence-electron chi connectivity index (χ4n) is 1.87. The van der Waals surface area contributed by atoms with Crippen LogP contribution in [0.5, 0.6) is 5.75 Å². The van der Waals surface area contributed by atoms with Crippen LogP contribution >= 0.6 is 0 Å². The molecule has 0 saturated carbocycles. The maximum Gasteiger partial charge on any atom is 0.295 e. The van der Waals surface area contributed by atoms with Crippen LogP contribution in [0.1, 0.15) is 5.56 Å². The van der Waals surface area contributed by atoms with E-state index in [-0.39, 0.29) is 17.9 Å². The molecule has 0 bridgehead atoms. The number of benzene rings is 2. The number of ether oxygens (including phenoxy) is 1. The van der Waals surface area contributed by atoms with Crippen molar-refractivity contribution in [3.05, 3.63) is 64.0 Å². The van der Waals surface area contributed by atoms with Gasteiger partial charge in [-0.25, -0.2) is 4.39 Å². The molecule has 20 heavy (non-hydrogen) atoms. The summed E-state index contributed by atoms with van der Waals surface area (Å²) in [5.74, 6) is -0.0203. The summed E-state index contributed by atoms with van der Waals surface area (Å²) in [6.45, 7) is 0.228. The van der Waals surface area contributed by atoms with Gasteiger partial charge in [0.2, 0.25) is 0 Å². The molecule has 0 aliphatic heterocycles. The molecule has 2 rings (SSSR count). The number of nitrogens with zero attached hydrogens (tertiary/aromatic N) is 1. The lowest BCUT2D eigenvalue weighted by atomic mass is 10.2. The van der Waals surface area contributed by atoms with Gasteiger partial charge in [-0.05, 0) is 12.1 Å². The fraction of sp³-hybridized carbons (Fsp3) is 0.143. The first kappa shape index (κ1) is 13.8. The Balaban J connectivity index is 2.25. The molecule has 0 aromatic heterocycles. The van der Waals surface area contributed by atoms with Crippen LogP contribution in [-0.2, 0) is 6.54 Å². The van der Waals surface area contributed by atoms with Gasteiger partial charge in [-0.3, -0.25) is 10.1 Å². The van der Waals surface area contributed by atoms with Crippen LogP contribution < -0.4 is 10.1 Å². The third kappa shape index (κ3) is 2.85. The topological polar surface area (TPSA) is 64.4 Å². The normalized spacial score (nSPS) is 10.1. The van der Waals surface area contributed by atoms with E-state index in [2.05, 4.69) is 5.32 Å². The molecule has 0 heterocycles. The third-order valence-electron chi connectivity index (χ3n) is 2.84. The van der Waals surface area contributed by atoms with E-state index >= 15 is 0 Å². The lowest BCUT2D eigenvalue weighted by Crippen LogP contribution is -2.05. The number of nitro benzene ring substituents is 1. The molecule has 0 spiro atoms. The summed E-state index contributed by atoms with van der Waals surface area (Å²) in [5.41, 5.74) is 0.371. The van der Waals surface area contributed by atoms with Gasteiger partial charge in [-0.15, -0.1) is 0 Å². The maximum absolute atomic E-state index is 13.7. The summed E-state index contributed by atoms with van der Waals surface area (Å²) in [6.07, 6.45) is 0. The summed E-state index contributed by atoms with van der Waals surface area (Å²) < 4.78 is 18.9. The zero-order valence-electron chi connectivity index (χ0n) is 10.8. The largest absolute Gasteiger partial charge is 0.496 e. The van der Waals surface area contributed by atoms with Gasteiger partial charge in [0.15, 0.2) is 5.82 Å². The number of rotatable bonds is 5. The van der Waals surface area contributed by atoms with Crippen LogP contribution in [0, 0.1) is 15.9 Å². The number of nitrogens with one attached hydrogen (secondary N) is 1. The van der Waals surface area contributed by atoms with Crippen LogP contribution in [-0.4, -0.2) is 12.0 Å². The summed E-state index contributed by atoms with van der Waals surface area (Å²) in [5, 5.41) is 13.6. The number of hydrogen-bond donors (Lipinski definition) is 1. The molecule has 0 radical (unpaired) electrons. The Morgan fingerprint density at radius 2 is 2.00 bits per heavy atom. The van der Waals surface area contributed by atoms with E-state index in [0.29, 0.717) is 5.75 Å². The number of nitro groups is 1. The molecule has 2 aromatic rings. The summed E-state index contributed by atoms with van der Waals surface area (Å²) in [4.78, 5) is 10.3. The van der Waals surface area contributed by atoms with E-state index in [9.17, 15) is 14.5 Å². The average molecular weight is 276 g/mol. The quantitative estimate of drug-likeness (QED) is 0.671. The first-order valence-electron chi connectivity index (χ1n) is 5.92. The van der Waals surface area contributed by atoms with Gasteiger partial charge in [0.05, 0.1) is 12.0 Å². The first-order valence-corrected chi connectivity index (χ1v) is 5.92. The Morgan fingerprint density at radius 3 is 2.70 bits per heavy atom. The van der Waals surface area contributed by atoms with Gasteiger partial charge >= 0.3 is 0 Å². The van der Waals surface area contributed by atoms with Gasteiger partial charge in [0.25, 0.3) is 5.69 Å². The highest BCUT2D eigenvalue weighted by molar-refractivity contribution is 5.62. The van der Waals surface area contributed by atoms with Gasteiger partial charge in [0.1, 0.15) is 11.4 Å². The molecular weight excluding hydrogens is 263 g/mol. The average Bonchev–Trinajstić information content (AvgIpc) is 2.46. The lowest BCUT2D eigenvalue weighted by molar-refractivity contribution is -0.384. The van der Waals surface area contributed by atoms with Crippen LogP contribution in [0.2, 0.25) is 0 Å². The van der Waals surface area contributed by atoms with Crippen molar-refractivity contribution in [1.82, 2.24) is 0 Å². The minimum atomic E-state index is -0.658. The number of halogens is 1. The van der Waals surface area contributed by atoms with Crippen LogP contribution in [0.25, 0.3) is 0 Å². The highest BCUT2D eigenvalue weighted by Gasteiger charge is 2.17. The van der Waals surface area contributed by atoms with Gasteiger partial charge in [-0.1, -0.05) is 24.3 Å². The standard InChI is InChI=1S/C14H13FN2O3/c1-20-13-8-3-2-5-10(13)9-16-14-11(15)6-4-7-12(14)17(18)19/h2-8,16H,9H2,1H3. The molecule has 5 nitrogen and oxygen atoms in total. The highest BCUT2D eigenvalue weighted by Crippen LogP contribution is 2.28. The molecule has 6 heteroatoms. The Bertz CT molecular complexity index is 632. The van der Waals surface area contributed by atoms with Gasteiger partial charge in [-0.2, -0.15) is 0 Å². The van der Waals surface area contributed by atoms with E-state index in [4.69, 9.17) is 4.74 Å². The predicted octanol–water partition coefficient (Wildman–Crippen LogP) is 3.35. The van der Waals surface area contributed by atoms with Crippen molar-refractivity contribution >= 4 is 11.4 Å². The summed E-state index contributed by atoms with van der Waals surface area (Å²) in [7, 11) is 1.53. The SMILES string of the molecule is COc1ccccc1CNc1c(F)cccc1[N+](=O)[O-]. The molecule has 0 amide bonds. The minimum absolute atomic E-state index is 0.122. The zero-order valence-corrected chi connectivity index (χ0v) is 10.8. The van der Waals surface area contributed by atoms with Crippen molar-refractivity contribution in [2.24, 2.45) is 0 Å². The van der Waals surface area contributed by atoms with Crippen molar-refractivity contribution in [2.75, 3.05) is 12.4 Å². The molecule has 2 aromatic carbocycles. The van der Waals surface area contributed by atoms with Gasteiger partial charge in [0, 0.05) is 18.2 Å². The smallest absolute Gasteiger partial charge is 0.295 e. The van der Waals surface area contributed by atoms with Crippen molar-refractivity contribution in [3.8, 4) is 5.75 Å². The molecule has 0 saturated heterocycles. The van der Waals surface area contributed by atoms with E-state index in [1.54, 1.807) is 12.1 Å². The van der Waals surface area contributed by atoms with E-state index in [1.807, 2.05) is 12.1 Å². The lowest BCUT2D eigenvalue weighted by Gasteiger charge is -2.11. The summed E-state index contributed by atoms with van der Waals surface area (Å²) >= 11 is 0. The number of anilines is 1. The number of hydrogen-bond acceptors (Lipinski definition) is 4. The minimum Gasteiger partial charge on any atom is -0.496 e. The van der Waals surface area contributed by atoms with E-state index in [0.717, 1.165) is 5.56 Å². The fourth-order valence-corrected chi connectivity index (χ4v) is 1.87. The third-order valence-corrected chi connectivity index (χ3v) is 2.84. The monoisotopic (exact) mass is 276 g/mol. The molecule has 0 fully saturated rings. The second-order valence-electron chi connectivity index (χ2n) is 4.06. The predicted molar refractivity (Wildman–Crippen MR) is 73.4 cm³/mol. The second kappa shape index (κ2) is 6.01. The molecule has 0 atom stereocenters. The van der Waals surface area contributed by atoms with Crippen LogP contribution in [0.3, 0.4) is 0 Å². The van der Waals surface area contributed by atoms with Crippen molar-refractivity contribution in [3.63, 3.8) is 0 Å². The number of methoxy groups -OCH3 is 1. The summed E-state index contributed by atoms with van der Waals surface area (Å²) in [6, 6.07) is 10.9. The van der Waals surface area contributed by atoms with Crippen LogP contribution in [0.4, 0.5) is 15.8 Å². The zero-order chi connectivity index (χ0) is 14.5. The molecule has 0 aliphatic rings. The molecular formula is C14H13FN2O3. The van der Waals surface area contributed by atoms with E-state index < -0.39 is 10.7 Å². The molecule has 0 unspecified atom stereocenters. The Morgan fingerprint density at radius 1 is 1.25 bits per heavy atom. The highest BCUT2D eigenvalue weighted by atomic mass is 19.1. The first-order chi connectivity index (χ1) is 9.63. The molecule has 1 N–H and O–H groups in total. The Kier molecular flexibility index (Phi) is 4.14.